The Balaban J connectivity index is 1.60. The van der Waals surface area contributed by atoms with Gasteiger partial charge in [-0.25, -0.2) is 4.79 Å². The number of anilines is 1. The molecule has 2 fully saturated rings. The van der Waals surface area contributed by atoms with Gasteiger partial charge in [0.15, 0.2) is 0 Å². The monoisotopic (exact) mass is 346 g/mol. The number of nitrogens with zero attached hydrogens (tertiary/aromatic N) is 2. The van der Waals surface area contributed by atoms with Crippen molar-refractivity contribution in [2.45, 2.75) is 12.5 Å². The lowest BCUT2D eigenvalue weighted by Crippen LogP contribution is -2.44. The molecule has 1 aromatic carbocycles. The Labute approximate surface area is 143 Å². The van der Waals surface area contributed by atoms with Crippen molar-refractivity contribution in [1.29, 1.82) is 0 Å². The number of benzene rings is 1. The van der Waals surface area contributed by atoms with E-state index in [2.05, 4.69) is 10.6 Å². The van der Waals surface area contributed by atoms with Gasteiger partial charge in [0.05, 0.1) is 18.8 Å². The van der Waals surface area contributed by atoms with Gasteiger partial charge in [0.25, 0.3) is 0 Å². The zero-order valence-corrected chi connectivity index (χ0v) is 13.7. The number of carbonyl (C=O) groups is 4. The van der Waals surface area contributed by atoms with Crippen molar-refractivity contribution >= 4 is 29.4 Å². The molecular weight excluding hydrogens is 328 g/mol. The van der Waals surface area contributed by atoms with E-state index in [4.69, 9.17) is 4.74 Å². The van der Waals surface area contributed by atoms with Crippen LogP contribution in [-0.2, 0) is 14.4 Å². The predicted octanol–water partition coefficient (Wildman–Crippen LogP) is -0.531. The molecule has 2 heterocycles. The Hall–Kier alpha value is -3.10. The van der Waals surface area contributed by atoms with Gasteiger partial charge in [-0.3, -0.25) is 19.7 Å². The van der Waals surface area contributed by atoms with Gasteiger partial charge in [-0.2, -0.15) is 0 Å². The van der Waals surface area contributed by atoms with E-state index in [1.807, 2.05) is 6.07 Å². The molecule has 2 aliphatic rings. The van der Waals surface area contributed by atoms with E-state index in [1.165, 1.54) is 7.11 Å². The summed E-state index contributed by atoms with van der Waals surface area (Å²) in [4.78, 5) is 49.6. The summed E-state index contributed by atoms with van der Waals surface area (Å²) < 4.78 is 5.27. The van der Waals surface area contributed by atoms with Crippen LogP contribution in [0.15, 0.2) is 24.3 Å². The second kappa shape index (κ2) is 6.80. The van der Waals surface area contributed by atoms with Crippen molar-refractivity contribution < 1.29 is 23.9 Å². The average molecular weight is 346 g/mol. The van der Waals surface area contributed by atoms with Gasteiger partial charge in [0, 0.05) is 13.0 Å². The first-order valence-corrected chi connectivity index (χ1v) is 7.79. The lowest BCUT2D eigenvalue weighted by molar-refractivity contribution is -0.122. The number of amides is 5. The van der Waals surface area contributed by atoms with E-state index in [9.17, 15) is 19.2 Å². The number of imide groups is 1. The van der Waals surface area contributed by atoms with Crippen molar-refractivity contribution in [2.24, 2.45) is 0 Å². The Morgan fingerprint density at radius 1 is 1.32 bits per heavy atom. The van der Waals surface area contributed by atoms with E-state index in [0.29, 0.717) is 18.0 Å². The van der Waals surface area contributed by atoms with Gasteiger partial charge in [-0.1, -0.05) is 12.1 Å². The van der Waals surface area contributed by atoms with Gasteiger partial charge in [0.2, 0.25) is 17.7 Å². The average Bonchev–Trinajstić information content (AvgIpc) is 3.08. The molecule has 1 aromatic rings. The highest BCUT2D eigenvalue weighted by atomic mass is 16.5. The van der Waals surface area contributed by atoms with Gasteiger partial charge < -0.3 is 19.9 Å². The van der Waals surface area contributed by atoms with Crippen molar-refractivity contribution in [3.63, 3.8) is 0 Å². The van der Waals surface area contributed by atoms with Crippen LogP contribution < -0.4 is 20.3 Å². The number of ether oxygens (including phenoxy) is 1. The molecule has 0 bridgehead atoms. The van der Waals surface area contributed by atoms with E-state index in [1.54, 1.807) is 23.1 Å². The second-order valence-corrected chi connectivity index (χ2v) is 5.85. The molecule has 0 spiro atoms. The second-order valence-electron chi connectivity index (χ2n) is 5.85. The molecule has 25 heavy (non-hydrogen) atoms. The summed E-state index contributed by atoms with van der Waals surface area (Å²) in [5, 5.41) is 4.84. The van der Waals surface area contributed by atoms with Crippen LogP contribution in [0.5, 0.6) is 5.75 Å². The van der Waals surface area contributed by atoms with Crippen LogP contribution in [0.25, 0.3) is 0 Å². The third-order valence-corrected chi connectivity index (χ3v) is 4.07. The van der Waals surface area contributed by atoms with Gasteiger partial charge in [0.1, 0.15) is 18.8 Å². The summed E-state index contributed by atoms with van der Waals surface area (Å²) in [6.07, 6.45) is 0.162. The van der Waals surface area contributed by atoms with Gasteiger partial charge >= 0.3 is 6.03 Å². The first-order valence-electron chi connectivity index (χ1n) is 7.79. The highest BCUT2D eigenvalue weighted by Crippen LogP contribution is 2.30. The molecule has 2 saturated heterocycles. The third kappa shape index (κ3) is 3.54. The maximum atomic E-state index is 12.3. The maximum Gasteiger partial charge on any atom is 0.325 e. The number of rotatable bonds is 5. The quantitative estimate of drug-likeness (QED) is 0.697. The molecule has 0 unspecified atom stereocenters. The fourth-order valence-electron chi connectivity index (χ4n) is 2.95. The highest BCUT2D eigenvalue weighted by Gasteiger charge is 2.34. The minimum atomic E-state index is -0.585. The maximum absolute atomic E-state index is 12.3. The van der Waals surface area contributed by atoms with E-state index >= 15 is 0 Å². The van der Waals surface area contributed by atoms with Crippen LogP contribution in [0.2, 0.25) is 0 Å². The van der Waals surface area contributed by atoms with E-state index in [0.717, 1.165) is 4.90 Å². The topological polar surface area (TPSA) is 108 Å². The Kier molecular flexibility index (Phi) is 4.55. The molecule has 132 valence electrons. The molecule has 2 N–H and O–H groups in total. The zero-order valence-electron chi connectivity index (χ0n) is 13.7. The van der Waals surface area contributed by atoms with E-state index in [-0.39, 0.29) is 31.5 Å². The van der Waals surface area contributed by atoms with Gasteiger partial charge in [-0.05, 0) is 12.1 Å². The summed E-state index contributed by atoms with van der Waals surface area (Å²) in [6, 6.07) is 6.20. The van der Waals surface area contributed by atoms with Crippen molar-refractivity contribution in [3.05, 3.63) is 24.3 Å². The minimum absolute atomic E-state index is 0.121. The number of hydrogen-bond acceptors (Lipinski definition) is 5. The van der Waals surface area contributed by atoms with Crippen molar-refractivity contribution in [2.75, 3.05) is 31.6 Å². The Bertz CT molecular complexity index is 735. The molecule has 0 radical (unpaired) electrons. The lowest BCUT2D eigenvalue weighted by atomic mass is 10.2. The molecule has 5 amide bonds. The predicted molar refractivity (Wildman–Crippen MR) is 87.0 cm³/mol. The molecule has 9 heteroatoms. The zero-order chi connectivity index (χ0) is 18.0. The summed E-state index contributed by atoms with van der Waals surface area (Å²) in [5.41, 5.74) is 0.649. The highest BCUT2D eigenvalue weighted by molar-refractivity contribution is 6.03. The minimum Gasteiger partial charge on any atom is -0.495 e. The van der Waals surface area contributed by atoms with Crippen LogP contribution in [0.1, 0.15) is 6.42 Å². The van der Waals surface area contributed by atoms with Crippen molar-refractivity contribution in [3.8, 4) is 5.75 Å². The molecular formula is C16H18N4O5. The SMILES string of the molecule is COc1ccccc1N1C[C@@H](NC(=O)CN2CC(=O)NC2=O)CC1=O. The normalized spacial score (nSPS) is 20.0. The molecule has 9 nitrogen and oxygen atoms in total. The number of para-hydroxylation sites is 2. The third-order valence-electron chi connectivity index (χ3n) is 4.07. The van der Waals surface area contributed by atoms with Crippen LogP contribution in [-0.4, -0.2) is 61.4 Å². The Morgan fingerprint density at radius 3 is 2.76 bits per heavy atom. The lowest BCUT2D eigenvalue weighted by Gasteiger charge is -2.20. The smallest absolute Gasteiger partial charge is 0.325 e. The molecule has 0 aliphatic carbocycles. The largest absolute Gasteiger partial charge is 0.495 e. The first kappa shape index (κ1) is 16.7. The van der Waals surface area contributed by atoms with Gasteiger partial charge in [-0.15, -0.1) is 0 Å². The fraction of sp³-hybridized carbons (Fsp3) is 0.375. The molecule has 2 aliphatic heterocycles. The molecule has 0 aromatic heterocycles. The molecule has 0 saturated carbocycles. The summed E-state index contributed by atoms with van der Waals surface area (Å²) in [5.74, 6) is -0.389. The van der Waals surface area contributed by atoms with Crippen LogP contribution in [0.4, 0.5) is 10.5 Å². The summed E-state index contributed by atoms with van der Waals surface area (Å²) in [7, 11) is 1.53. The Morgan fingerprint density at radius 2 is 2.08 bits per heavy atom. The summed E-state index contributed by atoms with van der Waals surface area (Å²) in [6.45, 7) is -0.0455. The fourth-order valence-corrected chi connectivity index (χ4v) is 2.95. The number of urea groups is 1. The van der Waals surface area contributed by atoms with Crippen LogP contribution in [0.3, 0.4) is 0 Å². The standard InChI is InChI=1S/C16H18N4O5/c1-25-12-5-3-2-4-11(12)20-7-10(6-15(20)23)17-13(21)8-19-9-14(22)18-16(19)24/h2-5,10H,6-9H2,1H3,(H,17,21)(H,18,22,24)/t10-/m0/s1. The molecule has 3 rings (SSSR count). The van der Waals surface area contributed by atoms with Crippen LogP contribution >= 0.6 is 0 Å². The van der Waals surface area contributed by atoms with E-state index < -0.39 is 17.8 Å². The van der Waals surface area contributed by atoms with Crippen LogP contribution in [0, 0.1) is 0 Å². The summed E-state index contributed by atoms with van der Waals surface area (Å²) >= 11 is 0. The number of nitrogens with one attached hydrogen (secondary N) is 2. The number of carbonyl (C=O) groups excluding carboxylic acids is 4. The number of methoxy groups -OCH3 is 1. The van der Waals surface area contributed by atoms with Crippen molar-refractivity contribution in [1.82, 2.24) is 15.5 Å². The molecule has 1 atom stereocenters. The first-order chi connectivity index (χ1) is 12.0. The number of hydrogen-bond donors (Lipinski definition) is 2.